The highest BCUT2D eigenvalue weighted by Crippen LogP contribution is 2.36. The molecule has 2 atom stereocenters. The van der Waals surface area contributed by atoms with Crippen LogP contribution in [0.1, 0.15) is 27.7 Å². The molecule has 14 heavy (non-hydrogen) atoms. The number of rotatable bonds is 3. The predicted octanol–water partition coefficient (Wildman–Crippen LogP) is 2.02. The largest absolute Gasteiger partial charge is 0.463 e. The summed E-state index contributed by atoms with van der Waals surface area (Å²) in [4.78, 5) is 11.1. The van der Waals surface area contributed by atoms with Gasteiger partial charge in [-0.1, -0.05) is 20.8 Å². The van der Waals surface area contributed by atoms with Gasteiger partial charge in [-0.2, -0.15) is 0 Å². The van der Waals surface area contributed by atoms with Gasteiger partial charge in [-0.25, -0.2) is 9.18 Å². The van der Waals surface area contributed by atoms with Crippen LogP contribution in [0.3, 0.4) is 0 Å². The molecule has 0 radical (unpaired) electrons. The van der Waals surface area contributed by atoms with E-state index in [1.54, 1.807) is 27.7 Å². The third-order valence-corrected chi connectivity index (χ3v) is 2.47. The van der Waals surface area contributed by atoms with E-state index in [0.717, 1.165) is 0 Å². The fourth-order valence-corrected chi connectivity index (χ4v) is 1.68. The van der Waals surface area contributed by atoms with E-state index in [1.807, 2.05) is 0 Å². The zero-order valence-electron chi connectivity index (χ0n) is 8.80. The van der Waals surface area contributed by atoms with Gasteiger partial charge in [0.2, 0.25) is 0 Å². The third kappa shape index (κ3) is 3.20. The molecule has 0 aliphatic carbocycles. The van der Waals surface area contributed by atoms with Gasteiger partial charge in [0.05, 0.1) is 6.61 Å². The molecule has 0 spiro atoms. The van der Waals surface area contributed by atoms with Crippen molar-refractivity contribution in [3.05, 3.63) is 0 Å². The van der Waals surface area contributed by atoms with Gasteiger partial charge in [-0.15, -0.1) is 0 Å². The molecule has 0 bridgehead atoms. The fourth-order valence-electron chi connectivity index (χ4n) is 0.883. The molecule has 0 unspecified atom stereocenters. The molecule has 0 heterocycles. The number of carbonyl (C=O) groups excluding carboxylic acids is 1. The van der Waals surface area contributed by atoms with Gasteiger partial charge >= 0.3 is 5.97 Å². The Kier molecular flexibility index (Phi) is 4.52. The third-order valence-electron chi connectivity index (χ3n) is 1.71. The van der Waals surface area contributed by atoms with E-state index in [1.165, 1.54) is 0 Å². The van der Waals surface area contributed by atoms with Crippen molar-refractivity contribution in [2.75, 3.05) is 6.61 Å². The number of alkyl halides is 2. The van der Waals surface area contributed by atoms with Crippen molar-refractivity contribution in [2.45, 2.75) is 38.4 Å². The summed E-state index contributed by atoms with van der Waals surface area (Å²) in [5.74, 6) is -1.09. The second-order valence-corrected chi connectivity index (χ2v) is 5.27. The minimum Gasteiger partial charge on any atom is -0.463 e. The van der Waals surface area contributed by atoms with Crippen LogP contribution in [0.4, 0.5) is 4.39 Å². The Balaban J connectivity index is 4.69. The number of esters is 1. The fraction of sp³-hybridized carbons (Fsp3) is 0.889. The predicted molar refractivity (Wildman–Crippen MR) is 54.9 cm³/mol. The lowest BCUT2D eigenvalue weighted by Gasteiger charge is -2.32. The van der Waals surface area contributed by atoms with Crippen LogP contribution < -0.4 is 0 Å². The molecule has 0 saturated carbocycles. The summed E-state index contributed by atoms with van der Waals surface area (Å²) >= 11 is 2.56. The monoisotopic (exact) mass is 270 g/mol. The lowest BCUT2D eigenvalue weighted by atomic mass is 9.86. The lowest BCUT2D eigenvalue weighted by molar-refractivity contribution is -0.159. The first-order valence-electron chi connectivity index (χ1n) is 4.37. The second-order valence-electron chi connectivity index (χ2n) is 4.11. The average Bonchev–Trinajstić information content (AvgIpc) is 2.01. The molecule has 0 aromatic heterocycles. The van der Waals surface area contributed by atoms with Crippen LogP contribution >= 0.6 is 15.9 Å². The first-order chi connectivity index (χ1) is 6.14. The van der Waals surface area contributed by atoms with Gasteiger partial charge in [-0.05, 0) is 28.3 Å². The maximum atomic E-state index is 13.8. The summed E-state index contributed by atoms with van der Waals surface area (Å²) in [6.45, 7) is 6.54. The van der Waals surface area contributed by atoms with Crippen LogP contribution in [0.15, 0.2) is 0 Å². The normalized spacial score (nSPS) is 18.5. The van der Waals surface area contributed by atoms with Crippen LogP contribution in [-0.4, -0.2) is 28.4 Å². The highest BCUT2D eigenvalue weighted by Gasteiger charge is 2.50. The number of hydrogen-bond donors (Lipinski definition) is 1. The van der Waals surface area contributed by atoms with Crippen molar-refractivity contribution in [1.82, 2.24) is 0 Å². The average molecular weight is 271 g/mol. The summed E-state index contributed by atoms with van der Waals surface area (Å²) in [5.41, 5.74) is -0.745. The Morgan fingerprint density at radius 3 is 2.29 bits per heavy atom. The Morgan fingerprint density at radius 2 is 2.00 bits per heavy atom. The molecule has 0 aliphatic heterocycles. The Morgan fingerprint density at radius 1 is 1.57 bits per heavy atom. The quantitative estimate of drug-likeness (QED) is 0.631. The molecule has 1 N–H and O–H groups in total. The standard InChI is InChI=1S/C9H16BrFO3/c1-5-14-7(13)9(10,11)6(12)8(2,3)4/h6,12H,5H2,1-4H3/t6-,9+/m0/s1. The van der Waals surface area contributed by atoms with Crippen LogP contribution in [0.25, 0.3) is 0 Å². The molecular weight excluding hydrogens is 255 g/mol. The Bertz CT molecular complexity index is 211. The highest BCUT2D eigenvalue weighted by atomic mass is 79.9. The first-order valence-corrected chi connectivity index (χ1v) is 5.16. The Hall–Kier alpha value is -0.160. The summed E-state index contributed by atoms with van der Waals surface area (Å²) in [6, 6.07) is 0. The van der Waals surface area contributed by atoms with E-state index >= 15 is 0 Å². The minimum atomic E-state index is -2.54. The van der Waals surface area contributed by atoms with E-state index in [4.69, 9.17) is 0 Å². The molecule has 0 aliphatic rings. The molecule has 0 amide bonds. The molecule has 0 aromatic carbocycles. The van der Waals surface area contributed by atoms with Gasteiger partial charge in [0.1, 0.15) is 6.10 Å². The van der Waals surface area contributed by atoms with Crippen LogP contribution in [0, 0.1) is 5.41 Å². The van der Waals surface area contributed by atoms with E-state index in [0.29, 0.717) is 0 Å². The van der Waals surface area contributed by atoms with Crippen molar-refractivity contribution < 1.29 is 19.0 Å². The summed E-state index contributed by atoms with van der Waals surface area (Å²) < 4.78 is 15.7. The van der Waals surface area contributed by atoms with Crippen molar-refractivity contribution in [1.29, 1.82) is 0 Å². The zero-order valence-corrected chi connectivity index (χ0v) is 10.4. The van der Waals surface area contributed by atoms with Crippen LogP contribution in [0.5, 0.6) is 0 Å². The van der Waals surface area contributed by atoms with Gasteiger partial charge < -0.3 is 9.84 Å². The van der Waals surface area contributed by atoms with Crippen molar-refractivity contribution in [3.63, 3.8) is 0 Å². The number of aliphatic hydroxyl groups excluding tert-OH is 1. The topological polar surface area (TPSA) is 46.5 Å². The minimum absolute atomic E-state index is 0.0764. The molecule has 0 fully saturated rings. The first kappa shape index (κ1) is 13.8. The van der Waals surface area contributed by atoms with Gasteiger partial charge in [0.15, 0.2) is 0 Å². The molecular formula is C9H16BrFO3. The maximum absolute atomic E-state index is 13.8. The molecule has 0 rings (SSSR count). The van der Waals surface area contributed by atoms with Gasteiger partial charge in [0, 0.05) is 0 Å². The van der Waals surface area contributed by atoms with Gasteiger partial charge in [-0.3, -0.25) is 0 Å². The van der Waals surface area contributed by atoms with E-state index < -0.39 is 22.1 Å². The van der Waals surface area contributed by atoms with Gasteiger partial charge in [0.25, 0.3) is 4.58 Å². The molecule has 0 saturated heterocycles. The maximum Gasteiger partial charge on any atom is 0.357 e. The number of carbonyl (C=O) groups is 1. The zero-order chi connectivity index (χ0) is 11.6. The molecule has 0 aromatic rings. The SMILES string of the molecule is CCOC(=O)[C@@](F)(Br)[C@@H](O)C(C)(C)C. The Labute approximate surface area is 91.8 Å². The van der Waals surface area contributed by atoms with E-state index in [2.05, 4.69) is 20.7 Å². The van der Waals surface area contributed by atoms with E-state index in [9.17, 15) is 14.3 Å². The highest BCUT2D eigenvalue weighted by molar-refractivity contribution is 9.10. The number of halogens is 2. The molecule has 5 heteroatoms. The lowest BCUT2D eigenvalue weighted by Crippen LogP contribution is -2.48. The number of hydrogen-bond acceptors (Lipinski definition) is 3. The smallest absolute Gasteiger partial charge is 0.357 e. The summed E-state index contributed by atoms with van der Waals surface area (Å²) in [7, 11) is 0. The van der Waals surface area contributed by atoms with Crippen molar-refractivity contribution in [2.24, 2.45) is 5.41 Å². The summed E-state index contributed by atoms with van der Waals surface area (Å²) in [5, 5.41) is 9.59. The van der Waals surface area contributed by atoms with E-state index in [-0.39, 0.29) is 6.61 Å². The van der Waals surface area contributed by atoms with Crippen molar-refractivity contribution in [3.8, 4) is 0 Å². The molecule has 3 nitrogen and oxygen atoms in total. The summed E-state index contributed by atoms with van der Waals surface area (Å²) in [6.07, 6.45) is -1.46. The van der Waals surface area contributed by atoms with Crippen molar-refractivity contribution >= 4 is 21.9 Å². The second kappa shape index (κ2) is 4.57. The number of aliphatic hydroxyl groups is 1. The van der Waals surface area contributed by atoms with Crippen LogP contribution in [-0.2, 0) is 9.53 Å². The number of ether oxygens (including phenoxy) is 1. The molecule has 84 valence electrons. The van der Waals surface area contributed by atoms with Crippen LogP contribution in [0.2, 0.25) is 0 Å².